The van der Waals surface area contributed by atoms with Crippen molar-refractivity contribution in [2.75, 3.05) is 19.6 Å². The van der Waals surface area contributed by atoms with Gasteiger partial charge in [-0.2, -0.15) is 0 Å². The largest absolute Gasteiger partial charge is 0.342 e. The zero-order chi connectivity index (χ0) is 14.8. The number of likely N-dealkylation sites (tertiary alicyclic amines) is 1. The minimum atomic E-state index is 0.281. The highest BCUT2D eigenvalue weighted by atomic mass is 16.2. The molecule has 20 heavy (non-hydrogen) atoms. The number of amides is 1. The molecule has 0 spiro atoms. The molecule has 0 radical (unpaired) electrons. The SMILES string of the molecule is CC(C)(C)C1CCN(C(=O)C2CCC(CN)CC2)CC1. The molecule has 1 saturated carbocycles. The molecule has 0 aromatic rings. The van der Waals surface area contributed by atoms with Gasteiger partial charge in [0.2, 0.25) is 5.91 Å². The molecule has 1 aliphatic carbocycles. The van der Waals surface area contributed by atoms with E-state index in [0.717, 1.165) is 51.2 Å². The molecule has 2 fully saturated rings. The normalized spacial score (nSPS) is 29.5. The molecule has 1 amide bonds. The number of nitrogens with zero attached hydrogens (tertiary/aromatic N) is 1. The molecule has 3 nitrogen and oxygen atoms in total. The van der Waals surface area contributed by atoms with Crippen LogP contribution < -0.4 is 5.73 Å². The van der Waals surface area contributed by atoms with Gasteiger partial charge < -0.3 is 10.6 Å². The number of nitrogens with two attached hydrogens (primary N) is 1. The van der Waals surface area contributed by atoms with Crippen molar-refractivity contribution in [3.8, 4) is 0 Å². The van der Waals surface area contributed by atoms with Crippen LogP contribution in [-0.2, 0) is 4.79 Å². The standard InChI is InChI=1S/C17H32N2O/c1-17(2,3)15-8-10-19(11-9-15)16(20)14-6-4-13(12-18)5-7-14/h13-15H,4-12,18H2,1-3H3. The highest BCUT2D eigenvalue weighted by Gasteiger charge is 2.33. The predicted octanol–water partition coefficient (Wildman–Crippen LogP) is 3.04. The van der Waals surface area contributed by atoms with E-state index in [1.165, 1.54) is 12.8 Å². The van der Waals surface area contributed by atoms with Crippen LogP contribution in [0.25, 0.3) is 0 Å². The van der Waals surface area contributed by atoms with Crippen LogP contribution in [0.4, 0.5) is 0 Å². The van der Waals surface area contributed by atoms with E-state index in [1.807, 2.05) is 0 Å². The Bertz CT molecular complexity index is 318. The summed E-state index contributed by atoms with van der Waals surface area (Å²) in [5.74, 6) is 2.13. The predicted molar refractivity (Wildman–Crippen MR) is 83.3 cm³/mol. The van der Waals surface area contributed by atoms with Gasteiger partial charge in [-0.15, -0.1) is 0 Å². The summed E-state index contributed by atoms with van der Waals surface area (Å²) in [6, 6.07) is 0. The number of carbonyl (C=O) groups excluding carboxylic acids is 1. The number of carbonyl (C=O) groups is 1. The molecule has 2 N–H and O–H groups in total. The maximum absolute atomic E-state index is 12.6. The quantitative estimate of drug-likeness (QED) is 0.845. The second-order valence-electron chi connectivity index (χ2n) is 7.92. The Morgan fingerprint density at radius 2 is 1.60 bits per heavy atom. The Morgan fingerprint density at radius 3 is 2.05 bits per heavy atom. The summed E-state index contributed by atoms with van der Waals surface area (Å²) in [6.45, 7) is 9.70. The molecule has 2 aliphatic rings. The minimum absolute atomic E-state index is 0.281. The van der Waals surface area contributed by atoms with Gasteiger partial charge in [0.1, 0.15) is 0 Å². The van der Waals surface area contributed by atoms with Gasteiger partial charge in [-0.25, -0.2) is 0 Å². The molecule has 3 heteroatoms. The molecule has 0 bridgehead atoms. The van der Waals surface area contributed by atoms with Crippen LogP contribution in [0.15, 0.2) is 0 Å². The van der Waals surface area contributed by atoms with Crippen molar-refractivity contribution >= 4 is 5.91 Å². The van der Waals surface area contributed by atoms with Crippen LogP contribution in [-0.4, -0.2) is 30.4 Å². The number of hydrogen-bond donors (Lipinski definition) is 1. The summed E-state index contributed by atoms with van der Waals surface area (Å²) in [5.41, 5.74) is 6.11. The van der Waals surface area contributed by atoms with Gasteiger partial charge >= 0.3 is 0 Å². The molecule has 0 aromatic heterocycles. The smallest absolute Gasteiger partial charge is 0.225 e. The molecule has 1 aliphatic heterocycles. The Kier molecular flexibility index (Phi) is 5.11. The second kappa shape index (κ2) is 6.46. The van der Waals surface area contributed by atoms with Crippen LogP contribution in [0.2, 0.25) is 0 Å². The average Bonchev–Trinajstić information content (AvgIpc) is 2.46. The number of rotatable bonds is 2. The maximum atomic E-state index is 12.6. The fourth-order valence-corrected chi connectivity index (χ4v) is 3.87. The summed E-state index contributed by atoms with van der Waals surface area (Å²) in [6.07, 6.45) is 6.75. The zero-order valence-electron chi connectivity index (χ0n) is 13.5. The van der Waals surface area contributed by atoms with Gasteiger partial charge in [0.25, 0.3) is 0 Å². The van der Waals surface area contributed by atoms with Gasteiger partial charge in [0, 0.05) is 19.0 Å². The molecular formula is C17H32N2O. The summed E-state index contributed by atoms with van der Waals surface area (Å²) in [7, 11) is 0. The van der Waals surface area contributed by atoms with Crippen molar-refractivity contribution in [3.63, 3.8) is 0 Å². The lowest BCUT2D eigenvalue weighted by molar-refractivity contribution is -0.138. The summed E-state index contributed by atoms with van der Waals surface area (Å²) in [4.78, 5) is 14.7. The third-order valence-electron chi connectivity index (χ3n) is 5.56. The fraction of sp³-hybridized carbons (Fsp3) is 0.941. The van der Waals surface area contributed by atoms with Crippen molar-refractivity contribution in [2.45, 2.75) is 59.3 Å². The molecule has 2 rings (SSSR count). The Morgan fingerprint density at radius 1 is 1.05 bits per heavy atom. The fourth-order valence-electron chi connectivity index (χ4n) is 3.87. The lowest BCUT2D eigenvalue weighted by Gasteiger charge is -2.40. The van der Waals surface area contributed by atoms with E-state index in [9.17, 15) is 4.79 Å². The Hall–Kier alpha value is -0.570. The van der Waals surface area contributed by atoms with E-state index in [0.29, 0.717) is 17.2 Å². The summed E-state index contributed by atoms with van der Waals surface area (Å²) < 4.78 is 0. The third kappa shape index (κ3) is 3.75. The third-order valence-corrected chi connectivity index (χ3v) is 5.56. The Labute approximate surface area is 124 Å². The van der Waals surface area contributed by atoms with Gasteiger partial charge in [0.15, 0.2) is 0 Å². The van der Waals surface area contributed by atoms with Gasteiger partial charge in [-0.3, -0.25) is 4.79 Å². The van der Waals surface area contributed by atoms with Crippen molar-refractivity contribution in [3.05, 3.63) is 0 Å². The first-order chi connectivity index (χ1) is 9.41. The maximum Gasteiger partial charge on any atom is 0.225 e. The zero-order valence-corrected chi connectivity index (χ0v) is 13.5. The van der Waals surface area contributed by atoms with E-state index >= 15 is 0 Å². The first kappa shape index (κ1) is 15.8. The van der Waals surface area contributed by atoms with Crippen molar-refractivity contribution in [1.82, 2.24) is 4.90 Å². The number of hydrogen-bond acceptors (Lipinski definition) is 2. The molecule has 1 saturated heterocycles. The molecule has 0 atom stereocenters. The minimum Gasteiger partial charge on any atom is -0.342 e. The Balaban J connectivity index is 1.80. The first-order valence-corrected chi connectivity index (χ1v) is 8.40. The topological polar surface area (TPSA) is 46.3 Å². The van der Waals surface area contributed by atoms with Gasteiger partial charge in [-0.1, -0.05) is 20.8 Å². The van der Waals surface area contributed by atoms with Crippen LogP contribution in [0, 0.1) is 23.2 Å². The monoisotopic (exact) mass is 280 g/mol. The lowest BCUT2D eigenvalue weighted by Crippen LogP contribution is -2.44. The van der Waals surface area contributed by atoms with Gasteiger partial charge in [-0.05, 0) is 62.3 Å². The molecule has 116 valence electrons. The van der Waals surface area contributed by atoms with Crippen LogP contribution >= 0.6 is 0 Å². The second-order valence-corrected chi connectivity index (χ2v) is 7.92. The molecule has 1 heterocycles. The molecule has 0 aromatic carbocycles. The van der Waals surface area contributed by atoms with E-state index in [-0.39, 0.29) is 5.92 Å². The highest BCUT2D eigenvalue weighted by Crippen LogP contribution is 2.36. The molecule has 0 unspecified atom stereocenters. The highest BCUT2D eigenvalue weighted by molar-refractivity contribution is 5.79. The van der Waals surface area contributed by atoms with E-state index in [1.54, 1.807) is 0 Å². The molecular weight excluding hydrogens is 248 g/mol. The van der Waals surface area contributed by atoms with Crippen LogP contribution in [0.1, 0.15) is 59.3 Å². The lowest BCUT2D eigenvalue weighted by atomic mass is 9.75. The van der Waals surface area contributed by atoms with E-state index < -0.39 is 0 Å². The van der Waals surface area contributed by atoms with Crippen molar-refractivity contribution in [1.29, 1.82) is 0 Å². The van der Waals surface area contributed by atoms with Crippen molar-refractivity contribution < 1.29 is 4.79 Å². The average molecular weight is 280 g/mol. The number of piperidine rings is 1. The van der Waals surface area contributed by atoms with Crippen LogP contribution in [0.3, 0.4) is 0 Å². The van der Waals surface area contributed by atoms with Crippen LogP contribution in [0.5, 0.6) is 0 Å². The van der Waals surface area contributed by atoms with E-state index in [2.05, 4.69) is 25.7 Å². The van der Waals surface area contributed by atoms with E-state index in [4.69, 9.17) is 5.73 Å². The first-order valence-electron chi connectivity index (χ1n) is 8.40. The van der Waals surface area contributed by atoms with Crippen molar-refractivity contribution in [2.24, 2.45) is 28.9 Å². The van der Waals surface area contributed by atoms with Gasteiger partial charge in [0.05, 0.1) is 0 Å². The summed E-state index contributed by atoms with van der Waals surface area (Å²) >= 11 is 0. The summed E-state index contributed by atoms with van der Waals surface area (Å²) in [5, 5.41) is 0.